The van der Waals surface area contributed by atoms with Crippen LogP contribution in [0.2, 0.25) is 0 Å². The highest BCUT2D eigenvalue weighted by Crippen LogP contribution is 2.28. The molecule has 0 bridgehead atoms. The second-order valence-electron chi connectivity index (χ2n) is 6.40. The number of hydrogen-bond donors (Lipinski definition) is 2. The van der Waals surface area contributed by atoms with Crippen molar-refractivity contribution in [2.45, 2.75) is 50.7 Å². The van der Waals surface area contributed by atoms with Crippen LogP contribution in [0.25, 0.3) is 0 Å². The van der Waals surface area contributed by atoms with Gasteiger partial charge in [-0.15, -0.1) is 0 Å². The lowest BCUT2D eigenvalue weighted by atomic mass is 10.0. The van der Waals surface area contributed by atoms with Gasteiger partial charge in [-0.2, -0.15) is 0 Å². The van der Waals surface area contributed by atoms with E-state index in [1.165, 1.54) is 50.0 Å². The molecule has 1 aliphatic carbocycles. The molecule has 1 saturated carbocycles. The highest BCUT2D eigenvalue weighted by Gasteiger charge is 2.30. The Bertz CT molecular complexity index is 417. The summed E-state index contributed by atoms with van der Waals surface area (Å²) in [5, 5.41) is 13.7. The zero-order valence-electron chi connectivity index (χ0n) is 12.3. The van der Waals surface area contributed by atoms with Crippen LogP contribution < -0.4 is 10.2 Å². The van der Waals surface area contributed by atoms with E-state index < -0.39 is 5.60 Å². The third-order valence-corrected chi connectivity index (χ3v) is 4.72. The molecule has 2 fully saturated rings. The lowest BCUT2D eigenvalue weighted by Crippen LogP contribution is -2.37. The fourth-order valence-corrected chi connectivity index (χ4v) is 3.45. The minimum atomic E-state index is -0.449. The molecule has 1 heterocycles. The summed E-state index contributed by atoms with van der Waals surface area (Å²) in [6.07, 6.45) is 6.89. The quantitative estimate of drug-likeness (QED) is 0.866. The predicted molar refractivity (Wildman–Crippen MR) is 83.0 cm³/mol. The van der Waals surface area contributed by atoms with Crippen LogP contribution in [0.1, 0.15) is 44.1 Å². The molecule has 3 heteroatoms. The van der Waals surface area contributed by atoms with Crippen molar-refractivity contribution < 1.29 is 5.11 Å². The van der Waals surface area contributed by atoms with Crippen LogP contribution in [-0.4, -0.2) is 30.3 Å². The van der Waals surface area contributed by atoms with Crippen LogP contribution in [0.15, 0.2) is 24.3 Å². The second kappa shape index (κ2) is 6.15. The summed E-state index contributed by atoms with van der Waals surface area (Å²) in [6, 6.07) is 8.87. The van der Waals surface area contributed by atoms with Crippen LogP contribution in [0.4, 0.5) is 5.69 Å². The third kappa shape index (κ3) is 3.33. The Kier molecular flexibility index (Phi) is 4.27. The first-order valence-electron chi connectivity index (χ1n) is 8.02. The topological polar surface area (TPSA) is 35.5 Å². The van der Waals surface area contributed by atoms with Crippen molar-refractivity contribution in [2.75, 3.05) is 24.5 Å². The molecule has 1 aromatic carbocycles. The Labute approximate surface area is 122 Å². The Morgan fingerprint density at radius 2 is 1.65 bits per heavy atom. The molecule has 2 aliphatic rings. The molecule has 1 saturated heterocycles. The van der Waals surface area contributed by atoms with Crippen LogP contribution in [0, 0.1) is 0 Å². The number of anilines is 1. The van der Waals surface area contributed by atoms with E-state index in [1.807, 2.05) is 0 Å². The average molecular weight is 274 g/mol. The van der Waals surface area contributed by atoms with E-state index >= 15 is 0 Å². The smallest absolute Gasteiger partial charge is 0.0771 e. The van der Waals surface area contributed by atoms with Gasteiger partial charge in [-0.3, -0.25) is 0 Å². The summed E-state index contributed by atoms with van der Waals surface area (Å²) in [6.45, 7) is 3.97. The summed E-state index contributed by atoms with van der Waals surface area (Å²) in [5.74, 6) is 0. The summed E-state index contributed by atoms with van der Waals surface area (Å²) in [5.41, 5.74) is 2.20. The van der Waals surface area contributed by atoms with E-state index in [2.05, 4.69) is 34.5 Å². The van der Waals surface area contributed by atoms with Gasteiger partial charge in [0, 0.05) is 31.9 Å². The lowest BCUT2D eigenvalue weighted by Gasteiger charge is -2.22. The van der Waals surface area contributed by atoms with Crippen molar-refractivity contribution in [1.82, 2.24) is 5.32 Å². The number of nitrogens with zero attached hydrogens (tertiary/aromatic N) is 1. The molecule has 0 aromatic heterocycles. The van der Waals surface area contributed by atoms with Crippen LogP contribution in [0.5, 0.6) is 0 Å². The molecule has 3 rings (SSSR count). The first kappa shape index (κ1) is 13.9. The average Bonchev–Trinajstić information content (AvgIpc) is 3.11. The van der Waals surface area contributed by atoms with Gasteiger partial charge in [0.1, 0.15) is 0 Å². The molecule has 3 nitrogen and oxygen atoms in total. The van der Waals surface area contributed by atoms with Crippen LogP contribution >= 0.6 is 0 Å². The zero-order valence-corrected chi connectivity index (χ0v) is 12.3. The summed E-state index contributed by atoms with van der Waals surface area (Å²) < 4.78 is 0. The van der Waals surface area contributed by atoms with E-state index in [9.17, 15) is 5.11 Å². The van der Waals surface area contributed by atoms with Crippen molar-refractivity contribution in [1.29, 1.82) is 0 Å². The Morgan fingerprint density at radius 3 is 2.30 bits per heavy atom. The van der Waals surface area contributed by atoms with E-state index in [0.29, 0.717) is 0 Å². The van der Waals surface area contributed by atoms with Crippen molar-refractivity contribution in [2.24, 2.45) is 0 Å². The monoisotopic (exact) mass is 274 g/mol. The van der Waals surface area contributed by atoms with Gasteiger partial charge in [0.25, 0.3) is 0 Å². The standard InChI is InChI=1S/C17H26N2O/c20-17(9-1-2-10-17)14-18-13-15-5-7-16(8-6-15)19-11-3-4-12-19/h5-8,18,20H,1-4,9-14H2. The highest BCUT2D eigenvalue weighted by atomic mass is 16.3. The first-order chi connectivity index (χ1) is 9.75. The Morgan fingerprint density at radius 1 is 1.00 bits per heavy atom. The van der Waals surface area contributed by atoms with E-state index in [1.54, 1.807) is 0 Å². The minimum absolute atomic E-state index is 0.449. The van der Waals surface area contributed by atoms with Gasteiger partial charge in [-0.25, -0.2) is 0 Å². The number of rotatable bonds is 5. The number of aliphatic hydroxyl groups is 1. The molecular weight excluding hydrogens is 248 g/mol. The Balaban J connectivity index is 1.48. The van der Waals surface area contributed by atoms with Gasteiger partial charge in [0.05, 0.1) is 5.60 Å². The summed E-state index contributed by atoms with van der Waals surface area (Å²) in [4.78, 5) is 2.46. The minimum Gasteiger partial charge on any atom is -0.389 e. The maximum absolute atomic E-state index is 10.3. The van der Waals surface area contributed by atoms with Gasteiger partial charge < -0.3 is 15.3 Å². The van der Waals surface area contributed by atoms with Crippen LogP contribution in [-0.2, 0) is 6.54 Å². The molecule has 1 aromatic rings. The third-order valence-electron chi connectivity index (χ3n) is 4.72. The molecule has 0 atom stereocenters. The van der Waals surface area contributed by atoms with Gasteiger partial charge in [0.2, 0.25) is 0 Å². The molecule has 0 amide bonds. The fourth-order valence-electron chi connectivity index (χ4n) is 3.45. The Hall–Kier alpha value is -1.06. The van der Waals surface area contributed by atoms with Crippen molar-refractivity contribution >= 4 is 5.69 Å². The maximum Gasteiger partial charge on any atom is 0.0771 e. The second-order valence-corrected chi connectivity index (χ2v) is 6.40. The van der Waals surface area contributed by atoms with Gasteiger partial charge in [-0.05, 0) is 43.4 Å². The van der Waals surface area contributed by atoms with Gasteiger partial charge in [-0.1, -0.05) is 25.0 Å². The number of hydrogen-bond acceptors (Lipinski definition) is 3. The molecule has 110 valence electrons. The predicted octanol–water partition coefficient (Wildman–Crippen LogP) is 2.68. The molecule has 1 aliphatic heterocycles. The zero-order chi connectivity index (χ0) is 13.8. The molecular formula is C17H26N2O. The maximum atomic E-state index is 10.3. The summed E-state index contributed by atoms with van der Waals surface area (Å²) >= 11 is 0. The molecule has 0 spiro atoms. The SMILES string of the molecule is OC1(CNCc2ccc(N3CCCC3)cc2)CCCC1. The van der Waals surface area contributed by atoms with Crippen molar-refractivity contribution in [3.63, 3.8) is 0 Å². The number of nitrogens with one attached hydrogen (secondary N) is 1. The fraction of sp³-hybridized carbons (Fsp3) is 0.647. The molecule has 2 N–H and O–H groups in total. The van der Waals surface area contributed by atoms with Gasteiger partial charge >= 0.3 is 0 Å². The van der Waals surface area contributed by atoms with Crippen molar-refractivity contribution in [3.05, 3.63) is 29.8 Å². The normalized spacial score (nSPS) is 21.6. The van der Waals surface area contributed by atoms with Gasteiger partial charge in [0.15, 0.2) is 0 Å². The summed E-state index contributed by atoms with van der Waals surface area (Å²) in [7, 11) is 0. The molecule has 0 unspecified atom stereocenters. The van der Waals surface area contributed by atoms with E-state index in [-0.39, 0.29) is 0 Å². The van der Waals surface area contributed by atoms with Crippen LogP contribution in [0.3, 0.4) is 0 Å². The lowest BCUT2D eigenvalue weighted by molar-refractivity contribution is 0.0475. The highest BCUT2D eigenvalue weighted by molar-refractivity contribution is 5.48. The number of benzene rings is 1. The largest absolute Gasteiger partial charge is 0.389 e. The molecule has 0 radical (unpaired) electrons. The van der Waals surface area contributed by atoms with E-state index in [4.69, 9.17) is 0 Å². The first-order valence-corrected chi connectivity index (χ1v) is 8.02. The van der Waals surface area contributed by atoms with Crippen molar-refractivity contribution in [3.8, 4) is 0 Å². The van der Waals surface area contributed by atoms with E-state index in [0.717, 1.165) is 25.9 Å². The molecule has 20 heavy (non-hydrogen) atoms.